The smallest absolute Gasteiger partial charge is 0.0417 e. The van der Waals surface area contributed by atoms with Crippen molar-refractivity contribution in [3.05, 3.63) is 21.9 Å². The average molecular weight is 253 g/mol. The van der Waals surface area contributed by atoms with Gasteiger partial charge in [0.2, 0.25) is 0 Å². The lowest BCUT2D eigenvalue weighted by atomic mass is 9.78. The first kappa shape index (κ1) is 14.7. The van der Waals surface area contributed by atoms with E-state index < -0.39 is 0 Å². The first-order chi connectivity index (χ1) is 7.84. The number of aryl methyl sites for hydroxylation is 1. The van der Waals surface area contributed by atoms with Crippen molar-refractivity contribution >= 4 is 11.3 Å². The molecule has 0 fully saturated rings. The van der Waals surface area contributed by atoms with Gasteiger partial charge in [-0.2, -0.15) is 0 Å². The summed E-state index contributed by atoms with van der Waals surface area (Å²) in [5, 5.41) is 3.63. The summed E-state index contributed by atoms with van der Waals surface area (Å²) in [5.41, 5.74) is 0.389. The highest BCUT2D eigenvalue weighted by atomic mass is 32.1. The molecular formula is C15H27NS. The van der Waals surface area contributed by atoms with E-state index in [-0.39, 0.29) is 0 Å². The summed E-state index contributed by atoms with van der Waals surface area (Å²) < 4.78 is 0. The molecule has 98 valence electrons. The first-order valence-corrected chi connectivity index (χ1v) is 7.46. The predicted octanol–water partition coefficient (Wildman–Crippen LogP) is 4.78. The minimum absolute atomic E-state index is 0.389. The number of thiophene rings is 1. The number of hydrogen-bond donors (Lipinski definition) is 1. The molecule has 1 aromatic heterocycles. The molecule has 0 aromatic carbocycles. The van der Waals surface area contributed by atoms with Gasteiger partial charge in [0, 0.05) is 15.8 Å². The maximum atomic E-state index is 3.63. The zero-order valence-corrected chi connectivity index (χ0v) is 12.9. The van der Waals surface area contributed by atoms with E-state index in [0.29, 0.717) is 17.4 Å². The Morgan fingerprint density at radius 3 is 2.35 bits per heavy atom. The van der Waals surface area contributed by atoms with E-state index in [0.717, 1.165) is 6.54 Å². The van der Waals surface area contributed by atoms with Crippen molar-refractivity contribution in [3.63, 3.8) is 0 Å². The number of rotatable bonds is 5. The molecule has 2 heteroatoms. The molecule has 1 rings (SSSR count). The van der Waals surface area contributed by atoms with Crippen LogP contribution in [0.4, 0.5) is 0 Å². The van der Waals surface area contributed by atoms with Gasteiger partial charge in [-0.25, -0.2) is 0 Å². The summed E-state index contributed by atoms with van der Waals surface area (Å²) in [6, 6.07) is 5.03. The van der Waals surface area contributed by atoms with Crippen molar-refractivity contribution in [2.75, 3.05) is 6.54 Å². The van der Waals surface area contributed by atoms with E-state index in [1.807, 2.05) is 11.3 Å². The first-order valence-electron chi connectivity index (χ1n) is 6.64. The summed E-state index contributed by atoms with van der Waals surface area (Å²) in [7, 11) is 0. The van der Waals surface area contributed by atoms with Gasteiger partial charge in [0.15, 0.2) is 0 Å². The summed E-state index contributed by atoms with van der Waals surface area (Å²) in [4.78, 5) is 2.90. The van der Waals surface area contributed by atoms with E-state index in [9.17, 15) is 0 Å². The third-order valence-corrected chi connectivity index (χ3v) is 4.74. The van der Waals surface area contributed by atoms with Gasteiger partial charge in [-0.05, 0) is 43.4 Å². The molecule has 2 unspecified atom stereocenters. The molecule has 0 spiro atoms. The molecule has 0 aliphatic carbocycles. The van der Waals surface area contributed by atoms with Gasteiger partial charge in [-0.15, -0.1) is 11.3 Å². The Bertz CT molecular complexity index is 335. The molecular weight excluding hydrogens is 226 g/mol. The Labute approximate surface area is 111 Å². The zero-order valence-electron chi connectivity index (χ0n) is 12.1. The van der Waals surface area contributed by atoms with Crippen molar-refractivity contribution < 1.29 is 0 Å². The second kappa shape index (κ2) is 6.01. The Balaban J connectivity index is 2.73. The minimum atomic E-state index is 0.389. The second-order valence-electron chi connectivity index (χ2n) is 6.06. The van der Waals surface area contributed by atoms with E-state index in [1.54, 1.807) is 0 Å². The topological polar surface area (TPSA) is 12.0 Å². The van der Waals surface area contributed by atoms with Crippen LogP contribution in [0.1, 0.15) is 56.8 Å². The maximum Gasteiger partial charge on any atom is 0.0417 e. The van der Waals surface area contributed by atoms with Gasteiger partial charge >= 0.3 is 0 Å². The van der Waals surface area contributed by atoms with Gasteiger partial charge in [0.1, 0.15) is 0 Å². The second-order valence-corrected chi connectivity index (χ2v) is 7.38. The van der Waals surface area contributed by atoms with Gasteiger partial charge in [0.05, 0.1) is 0 Å². The van der Waals surface area contributed by atoms with Gasteiger partial charge in [0.25, 0.3) is 0 Å². The maximum absolute atomic E-state index is 3.63. The molecule has 17 heavy (non-hydrogen) atoms. The monoisotopic (exact) mass is 253 g/mol. The van der Waals surface area contributed by atoms with E-state index >= 15 is 0 Å². The van der Waals surface area contributed by atoms with Crippen LogP contribution in [0.25, 0.3) is 0 Å². The Morgan fingerprint density at radius 2 is 1.94 bits per heavy atom. The fraction of sp³-hybridized carbons (Fsp3) is 0.733. The Hall–Kier alpha value is -0.340. The van der Waals surface area contributed by atoms with E-state index in [2.05, 4.69) is 59.0 Å². The standard InChI is InChI=1S/C15H27NS/c1-7-16-13(10-11(2)15(4,5)6)14-9-8-12(3)17-14/h8-9,11,13,16H,7,10H2,1-6H3. The molecule has 0 aliphatic rings. The van der Waals surface area contributed by atoms with Crippen molar-refractivity contribution in [1.29, 1.82) is 0 Å². The lowest BCUT2D eigenvalue weighted by molar-refractivity contribution is 0.225. The molecule has 0 saturated carbocycles. The van der Waals surface area contributed by atoms with Crippen molar-refractivity contribution in [2.24, 2.45) is 11.3 Å². The lowest BCUT2D eigenvalue weighted by Crippen LogP contribution is -2.26. The normalized spacial score (nSPS) is 15.9. The lowest BCUT2D eigenvalue weighted by Gasteiger charge is -2.30. The third-order valence-electron chi connectivity index (χ3n) is 3.62. The van der Waals surface area contributed by atoms with Crippen molar-refractivity contribution in [3.8, 4) is 0 Å². The Morgan fingerprint density at radius 1 is 1.29 bits per heavy atom. The zero-order chi connectivity index (χ0) is 13.1. The van der Waals surface area contributed by atoms with Crippen LogP contribution in [0.2, 0.25) is 0 Å². The minimum Gasteiger partial charge on any atom is -0.310 e. The molecule has 0 saturated heterocycles. The number of nitrogens with one attached hydrogen (secondary N) is 1. The van der Waals surface area contributed by atoms with Gasteiger partial charge < -0.3 is 5.32 Å². The fourth-order valence-electron chi connectivity index (χ4n) is 1.89. The SMILES string of the molecule is CCNC(CC(C)C(C)(C)C)c1ccc(C)s1. The molecule has 1 N–H and O–H groups in total. The van der Waals surface area contributed by atoms with E-state index in [1.165, 1.54) is 16.2 Å². The highest BCUT2D eigenvalue weighted by molar-refractivity contribution is 7.12. The Kier molecular flexibility index (Phi) is 5.21. The molecule has 1 nitrogen and oxygen atoms in total. The summed E-state index contributed by atoms with van der Waals surface area (Å²) in [6.07, 6.45) is 1.22. The molecule has 1 aromatic rings. The highest BCUT2D eigenvalue weighted by Crippen LogP contribution is 2.35. The molecule has 1 heterocycles. The summed E-state index contributed by atoms with van der Waals surface area (Å²) in [6.45, 7) is 14.8. The van der Waals surface area contributed by atoms with Gasteiger partial charge in [-0.1, -0.05) is 34.6 Å². The van der Waals surface area contributed by atoms with Crippen LogP contribution in [0, 0.1) is 18.3 Å². The van der Waals surface area contributed by atoms with Crippen LogP contribution in [0.5, 0.6) is 0 Å². The number of hydrogen-bond acceptors (Lipinski definition) is 2. The molecule has 2 atom stereocenters. The molecule has 0 bridgehead atoms. The molecule has 0 radical (unpaired) electrons. The fourth-order valence-corrected chi connectivity index (χ4v) is 2.86. The summed E-state index contributed by atoms with van der Waals surface area (Å²) in [5.74, 6) is 0.717. The van der Waals surface area contributed by atoms with Gasteiger partial charge in [-0.3, -0.25) is 0 Å². The summed E-state index contributed by atoms with van der Waals surface area (Å²) >= 11 is 1.93. The van der Waals surface area contributed by atoms with Crippen LogP contribution < -0.4 is 5.32 Å². The van der Waals surface area contributed by atoms with Crippen LogP contribution in [-0.2, 0) is 0 Å². The van der Waals surface area contributed by atoms with Crippen LogP contribution >= 0.6 is 11.3 Å². The third kappa shape index (κ3) is 4.44. The average Bonchev–Trinajstić information content (AvgIpc) is 2.62. The van der Waals surface area contributed by atoms with Crippen LogP contribution in [0.15, 0.2) is 12.1 Å². The largest absolute Gasteiger partial charge is 0.310 e. The van der Waals surface area contributed by atoms with Crippen LogP contribution in [-0.4, -0.2) is 6.54 Å². The quantitative estimate of drug-likeness (QED) is 0.796. The van der Waals surface area contributed by atoms with E-state index in [4.69, 9.17) is 0 Å². The molecule has 0 aliphatic heterocycles. The highest BCUT2D eigenvalue weighted by Gasteiger charge is 2.24. The van der Waals surface area contributed by atoms with Crippen molar-refractivity contribution in [1.82, 2.24) is 5.32 Å². The van der Waals surface area contributed by atoms with Crippen molar-refractivity contribution in [2.45, 2.75) is 54.0 Å². The van der Waals surface area contributed by atoms with Crippen LogP contribution in [0.3, 0.4) is 0 Å². The predicted molar refractivity (Wildman–Crippen MR) is 78.7 cm³/mol. The molecule has 0 amide bonds.